The van der Waals surface area contributed by atoms with E-state index >= 15 is 0 Å². The summed E-state index contributed by atoms with van der Waals surface area (Å²) in [7, 11) is 0. The molecule has 1 aromatic rings. The quantitative estimate of drug-likeness (QED) is 0.778. The first-order valence-electron chi connectivity index (χ1n) is 4.44. The molecule has 1 N–H and O–H groups in total. The van der Waals surface area contributed by atoms with Crippen LogP contribution in [0.15, 0.2) is 18.3 Å². The van der Waals surface area contributed by atoms with Crippen LogP contribution in [0, 0.1) is 5.92 Å². The third-order valence-electron chi connectivity index (χ3n) is 2.40. The predicted molar refractivity (Wildman–Crippen MR) is 50.9 cm³/mol. The molecule has 13 heavy (non-hydrogen) atoms. The minimum atomic E-state index is -0.863. The van der Waals surface area contributed by atoms with Crippen molar-refractivity contribution in [3.8, 4) is 0 Å². The van der Waals surface area contributed by atoms with E-state index in [1.165, 1.54) is 0 Å². The van der Waals surface area contributed by atoms with Gasteiger partial charge in [-0.3, -0.25) is 0 Å². The van der Waals surface area contributed by atoms with Crippen LogP contribution in [0.1, 0.15) is 37.3 Å². The number of carboxylic acid groups (broad SMARTS) is 1. The predicted octanol–water partition coefficient (Wildman–Crippen LogP) is 2.40. The van der Waals surface area contributed by atoms with Crippen LogP contribution >= 0.6 is 0 Å². The van der Waals surface area contributed by atoms with Crippen molar-refractivity contribution >= 4 is 5.97 Å². The molecule has 0 aromatic carbocycles. The van der Waals surface area contributed by atoms with E-state index in [4.69, 9.17) is 5.11 Å². The molecule has 0 saturated carbocycles. The summed E-state index contributed by atoms with van der Waals surface area (Å²) >= 11 is 0. The topological polar surface area (TPSA) is 42.2 Å². The lowest BCUT2D eigenvalue weighted by Gasteiger charge is -2.19. The molecule has 1 aromatic heterocycles. The summed E-state index contributed by atoms with van der Waals surface area (Å²) in [5, 5.41) is 8.86. The van der Waals surface area contributed by atoms with E-state index in [0.717, 1.165) is 0 Å². The minimum Gasteiger partial charge on any atom is -0.477 e. The molecule has 0 fully saturated rings. The number of aromatic carboxylic acids is 1. The molecule has 0 amide bonds. The normalized spacial score (nSPS) is 13.2. The van der Waals surface area contributed by atoms with Crippen molar-refractivity contribution in [2.75, 3.05) is 0 Å². The van der Waals surface area contributed by atoms with Gasteiger partial charge in [0, 0.05) is 12.2 Å². The Bertz CT molecular complexity index is 302. The number of hydrogen-bond acceptors (Lipinski definition) is 1. The third-order valence-corrected chi connectivity index (χ3v) is 2.40. The van der Waals surface area contributed by atoms with Gasteiger partial charge in [0.2, 0.25) is 0 Å². The summed E-state index contributed by atoms with van der Waals surface area (Å²) in [6.45, 7) is 6.18. The number of carbonyl (C=O) groups is 1. The maximum absolute atomic E-state index is 10.8. The zero-order valence-corrected chi connectivity index (χ0v) is 8.19. The van der Waals surface area contributed by atoms with E-state index < -0.39 is 5.97 Å². The Morgan fingerprint density at radius 3 is 2.54 bits per heavy atom. The molecule has 0 aliphatic heterocycles. The van der Waals surface area contributed by atoms with Gasteiger partial charge in [-0.05, 0) is 25.0 Å². The highest BCUT2D eigenvalue weighted by Crippen LogP contribution is 2.19. The molecule has 0 spiro atoms. The van der Waals surface area contributed by atoms with E-state index in [9.17, 15) is 4.79 Å². The lowest BCUT2D eigenvalue weighted by atomic mass is 10.1. The number of hydrogen-bond donors (Lipinski definition) is 1. The Hall–Kier alpha value is -1.25. The van der Waals surface area contributed by atoms with Crippen LogP contribution in [0.4, 0.5) is 0 Å². The summed E-state index contributed by atoms with van der Waals surface area (Å²) in [6, 6.07) is 3.62. The average molecular weight is 181 g/mol. The van der Waals surface area contributed by atoms with Gasteiger partial charge in [-0.15, -0.1) is 0 Å². The molecule has 1 unspecified atom stereocenters. The zero-order valence-electron chi connectivity index (χ0n) is 8.19. The Kier molecular flexibility index (Phi) is 2.76. The van der Waals surface area contributed by atoms with Crippen molar-refractivity contribution < 1.29 is 9.90 Å². The first-order valence-corrected chi connectivity index (χ1v) is 4.44. The van der Waals surface area contributed by atoms with Crippen LogP contribution in [-0.4, -0.2) is 15.6 Å². The summed E-state index contributed by atoms with van der Waals surface area (Å²) in [5.41, 5.74) is 0.362. The Morgan fingerprint density at radius 2 is 2.08 bits per heavy atom. The average Bonchev–Trinajstić information content (AvgIpc) is 2.50. The minimum absolute atomic E-state index is 0.223. The van der Waals surface area contributed by atoms with Gasteiger partial charge in [0.25, 0.3) is 0 Å². The number of nitrogens with zero attached hydrogens (tertiary/aromatic N) is 1. The van der Waals surface area contributed by atoms with Gasteiger partial charge < -0.3 is 9.67 Å². The fourth-order valence-electron chi connectivity index (χ4n) is 1.25. The molecule has 0 aliphatic carbocycles. The summed E-state index contributed by atoms with van der Waals surface area (Å²) in [4.78, 5) is 10.8. The van der Waals surface area contributed by atoms with Crippen molar-refractivity contribution in [3.63, 3.8) is 0 Å². The van der Waals surface area contributed by atoms with E-state index in [1.54, 1.807) is 16.7 Å². The molecule has 0 bridgehead atoms. The highest BCUT2D eigenvalue weighted by Gasteiger charge is 2.15. The molecular formula is C10H15NO2. The highest BCUT2D eigenvalue weighted by molar-refractivity contribution is 5.85. The maximum Gasteiger partial charge on any atom is 0.352 e. The van der Waals surface area contributed by atoms with Crippen LogP contribution in [0.25, 0.3) is 0 Å². The van der Waals surface area contributed by atoms with Crippen molar-refractivity contribution in [3.05, 3.63) is 24.0 Å². The zero-order chi connectivity index (χ0) is 10.0. The number of aromatic nitrogens is 1. The van der Waals surface area contributed by atoms with Gasteiger partial charge in [0.05, 0.1) is 0 Å². The van der Waals surface area contributed by atoms with Gasteiger partial charge >= 0.3 is 5.97 Å². The highest BCUT2D eigenvalue weighted by atomic mass is 16.4. The first kappa shape index (κ1) is 9.84. The Morgan fingerprint density at radius 1 is 1.46 bits per heavy atom. The van der Waals surface area contributed by atoms with E-state index in [0.29, 0.717) is 11.6 Å². The standard InChI is InChI=1S/C10H15NO2/c1-7(2)8(3)11-6-4-5-9(11)10(12)13/h4-8H,1-3H3,(H,12,13). The molecule has 1 atom stereocenters. The second-order valence-corrected chi connectivity index (χ2v) is 3.59. The van der Waals surface area contributed by atoms with Crippen LogP contribution in [0.2, 0.25) is 0 Å². The van der Waals surface area contributed by atoms with E-state index in [-0.39, 0.29) is 6.04 Å². The van der Waals surface area contributed by atoms with Crippen molar-refractivity contribution in [1.29, 1.82) is 0 Å². The second kappa shape index (κ2) is 3.64. The molecule has 3 heteroatoms. The van der Waals surface area contributed by atoms with Crippen molar-refractivity contribution in [2.24, 2.45) is 5.92 Å². The molecule has 0 aliphatic rings. The smallest absolute Gasteiger partial charge is 0.352 e. The van der Waals surface area contributed by atoms with Gasteiger partial charge in [0.1, 0.15) is 5.69 Å². The second-order valence-electron chi connectivity index (χ2n) is 3.59. The molecule has 1 heterocycles. The lowest BCUT2D eigenvalue weighted by Crippen LogP contribution is -2.15. The summed E-state index contributed by atoms with van der Waals surface area (Å²) in [6.07, 6.45) is 1.81. The molecule has 72 valence electrons. The van der Waals surface area contributed by atoms with Crippen LogP contribution in [-0.2, 0) is 0 Å². The monoisotopic (exact) mass is 181 g/mol. The third kappa shape index (κ3) is 1.91. The molecule has 3 nitrogen and oxygen atoms in total. The van der Waals surface area contributed by atoms with Gasteiger partial charge in [-0.25, -0.2) is 4.79 Å². The van der Waals surface area contributed by atoms with Crippen molar-refractivity contribution in [1.82, 2.24) is 4.57 Å². The van der Waals surface area contributed by atoms with E-state index in [1.807, 2.05) is 13.1 Å². The molecule has 0 radical (unpaired) electrons. The maximum atomic E-state index is 10.8. The largest absolute Gasteiger partial charge is 0.477 e. The number of rotatable bonds is 3. The first-order chi connectivity index (χ1) is 6.04. The van der Waals surface area contributed by atoms with Crippen molar-refractivity contribution in [2.45, 2.75) is 26.8 Å². The van der Waals surface area contributed by atoms with Crippen LogP contribution < -0.4 is 0 Å². The van der Waals surface area contributed by atoms with Gasteiger partial charge in [-0.2, -0.15) is 0 Å². The SMILES string of the molecule is CC(C)C(C)n1cccc1C(=O)O. The Balaban J connectivity index is 3.00. The lowest BCUT2D eigenvalue weighted by molar-refractivity contribution is 0.0681. The van der Waals surface area contributed by atoms with Gasteiger partial charge in [0.15, 0.2) is 0 Å². The van der Waals surface area contributed by atoms with Gasteiger partial charge in [-0.1, -0.05) is 13.8 Å². The molecule has 0 saturated heterocycles. The summed E-state index contributed by atoms with van der Waals surface area (Å²) < 4.78 is 1.80. The fraction of sp³-hybridized carbons (Fsp3) is 0.500. The van der Waals surface area contributed by atoms with Crippen LogP contribution in [0.3, 0.4) is 0 Å². The summed E-state index contributed by atoms with van der Waals surface area (Å²) in [5.74, 6) is -0.428. The fourth-order valence-corrected chi connectivity index (χ4v) is 1.25. The molecule has 1 rings (SSSR count). The number of carboxylic acids is 1. The molecular weight excluding hydrogens is 166 g/mol. The Labute approximate surface area is 78.0 Å². The van der Waals surface area contributed by atoms with Crippen LogP contribution in [0.5, 0.6) is 0 Å². The van der Waals surface area contributed by atoms with E-state index in [2.05, 4.69) is 13.8 Å².